The fourth-order valence-corrected chi connectivity index (χ4v) is 1.49. The first-order valence-electron chi connectivity index (χ1n) is 3.05. The first kappa shape index (κ1) is 6.42. The zero-order valence-corrected chi connectivity index (χ0v) is 6.34. The lowest BCUT2D eigenvalue weighted by Crippen LogP contribution is -2.09. The van der Waals surface area contributed by atoms with Crippen LogP contribution < -0.4 is 5.56 Å². The van der Waals surface area contributed by atoms with Gasteiger partial charge >= 0.3 is 0 Å². The van der Waals surface area contributed by atoms with Gasteiger partial charge in [-0.05, 0) is 11.4 Å². The standard InChI is InChI=1S/C7H4N2OS/c10-7-5-3-11-2-1-6(5)8-4-9-7/h1-4H. The van der Waals surface area contributed by atoms with Crippen LogP contribution in [-0.4, -0.2) is 9.97 Å². The van der Waals surface area contributed by atoms with E-state index in [0.717, 1.165) is 0 Å². The highest BCUT2D eigenvalue weighted by atomic mass is 32.1. The highest BCUT2D eigenvalue weighted by Gasteiger charge is 2.04. The van der Waals surface area contributed by atoms with Gasteiger partial charge in [-0.25, -0.2) is 4.98 Å². The molecule has 0 amide bonds. The number of fused-ring (bicyclic) bond motifs is 1. The van der Waals surface area contributed by atoms with Crippen LogP contribution in [0.15, 0.2) is 27.9 Å². The lowest BCUT2D eigenvalue weighted by atomic mass is 10.2. The van der Waals surface area contributed by atoms with E-state index in [0.29, 0.717) is 11.3 Å². The minimum Gasteiger partial charge on any atom is -0.267 e. The highest BCUT2D eigenvalue weighted by molar-refractivity contribution is 7.07. The molecule has 54 valence electrons. The number of nitrogens with zero attached hydrogens (tertiary/aromatic N) is 2. The van der Waals surface area contributed by atoms with Crippen LogP contribution in [-0.2, 0) is 0 Å². The lowest BCUT2D eigenvalue weighted by Gasteiger charge is -1.96. The molecular weight excluding hydrogens is 160 g/mol. The van der Waals surface area contributed by atoms with Gasteiger partial charge in [-0.1, -0.05) is 0 Å². The Balaban J connectivity index is 2.90. The molecule has 4 heteroatoms. The average Bonchev–Trinajstić information content (AvgIpc) is 2.06. The Bertz CT molecular complexity index is 398. The van der Waals surface area contributed by atoms with Crippen LogP contribution in [0.5, 0.6) is 0 Å². The normalized spacial score (nSPS) is 10.2. The van der Waals surface area contributed by atoms with Gasteiger partial charge < -0.3 is 0 Å². The molecule has 2 heterocycles. The van der Waals surface area contributed by atoms with Crippen LogP contribution >= 0.6 is 11.3 Å². The molecule has 0 spiro atoms. The van der Waals surface area contributed by atoms with E-state index < -0.39 is 0 Å². The SMILES string of the molecule is O=c1ncnc2ccscc1-2. The van der Waals surface area contributed by atoms with Crippen molar-refractivity contribution in [2.45, 2.75) is 0 Å². The van der Waals surface area contributed by atoms with Crippen LogP contribution in [0.4, 0.5) is 0 Å². The maximum atomic E-state index is 11.0. The monoisotopic (exact) mass is 164 g/mol. The Morgan fingerprint density at radius 1 is 1.36 bits per heavy atom. The number of hydrogen-bond donors (Lipinski definition) is 0. The fourth-order valence-electron chi connectivity index (χ4n) is 0.847. The quantitative estimate of drug-likeness (QED) is 0.583. The first-order chi connectivity index (χ1) is 5.38. The molecule has 0 unspecified atom stereocenters. The van der Waals surface area contributed by atoms with Gasteiger partial charge in [0, 0.05) is 5.38 Å². The van der Waals surface area contributed by atoms with Crippen molar-refractivity contribution < 1.29 is 0 Å². The Hall–Kier alpha value is -1.29. The second-order valence-corrected chi connectivity index (χ2v) is 2.81. The molecule has 0 saturated carbocycles. The molecule has 0 aliphatic carbocycles. The predicted octanol–water partition coefficient (Wildman–Crippen LogP) is 1.00. The largest absolute Gasteiger partial charge is 0.281 e. The van der Waals surface area contributed by atoms with Crippen molar-refractivity contribution in [2.24, 2.45) is 0 Å². The van der Waals surface area contributed by atoms with Crippen LogP contribution in [0, 0.1) is 0 Å². The van der Waals surface area contributed by atoms with E-state index in [1.54, 1.807) is 5.38 Å². The van der Waals surface area contributed by atoms with Crippen molar-refractivity contribution in [3.63, 3.8) is 0 Å². The van der Waals surface area contributed by atoms with E-state index in [4.69, 9.17) is 0 Å². The highest BCUT2D eigenvalue weighted by Crippen LogP contribution is 2.14. The van der Waals surface area contributed by atoms with Crippen molar-refractivity contribution in [1.82, 2.24) is 9.97 Å². The van der Waals surface area contributed by atoms with Crippen molar-refractivity contribution in [2.75, 3.05) is 0 Å². The summed E-state index contributed by atoms with van der Waals surface area (Å²) >= 11 is 1.47. The molecule has 0 atom stereocenters. The van der Waals surface area contributed by atoms with Gasteiger partial charge in [-0.15, -0.1) is 0 Å². The predicted molar refractivity (Wildman–Crippen MR) is 42.8 cm³/mol. The zero-order chi connectivity index (χ0) is 7.68. The van der Waals surface area contributed by atoms with Gasteiger partial charge in [0.2, 0.25) is 0 Å². The summed E-state index contributed by atoms with van der Waals surface area (Å²) in [7, 11) is 0. The van der Waals surface area contributed by atoms with Crippen molar-refractivity contribution in [3.8, 4) is 11.3 Å². The van der Waals surface area contributed by atoms with E-state index in [1.807, 2.05) is 11.4 Å². The third-order valence-corrected chi connectivity index (χ3v) is 2.03. The molecule has 11 heavy (non-hydrogen) atoms. The molecule has 0 fully saturated rings. The third kappa shape index (κ3) is 1.01. The van der Waals surface area contributed by atoms with E-state index in [-0.39, 0.29) is 5.56 Å². The van der Waals surface area contributed by atoms with Gasteiger partial charge in [0.25, 0.3) is 5.56 Å². The molecule has 0 aromatic rings. The lowest BCUT2D eigenvalue weighted by molar-refractivity contribution is 1.12. The molecule has 2 aliphatic heterocycles. The Morgan fingerprint density at radius 2 is 2.27 bits per heavy atom. The summed E-state index contributed by atoms with van der Waals surface area (Å²) < 4.78 is 0. The minimum absolute atomic E-state index is 0.202. The summed E-state index contributed by atoms with van der Waals surface area (Å²) in [5.41, 5.74) is 1.11. The van der Waals surface area contributed by atoms with Gasteiger partial charge in [0.15, 0.2) is 0 Å². The van der Waals surface area contributed by atoms with Gasteiger partial charge in [0.1, 0.15) is 6.33 Å². The van der Waals surface area contributed by atoms with Crippen molar-refractivity contribution in [1.29, 1.82) is 0 Å². The topological polar surface area (TPSA) is 42.9 Å². The minimum atomic E-state index is -0.202. The number of aromatic nitrogens is 2. The maximum Gasteiger partial charge on any atom is 0.281 e. The number of rotatable bonds is 0. The molecule has 0 aromatic heterocycles. The van der Waals surface area contributed by atoms with Gasteiger partial charge in [-0.2, -0.15) is 16.3 Å². The second-order valence-electron chi connectivity index (χ2n) is 2.03. The molecule has 0 saturated heterocycles. The van der Waals surface area contributed by atoms with Gasteiger partial charge in [-0.3, -0.25) is 4.79 Å². The van der Waals surface area contributed by atoms with Crippen LogP contribution in [0.3, 0.4) is 0 Å². The molecule has 0 N–H and O–H groups in total. The maximum absolute atomic E-state index is 11.0. The van der Waals surface area contributed by atoms with Crippen LogP contribution in [0.1, 0.15) is 0 Å². The first-order valence-corrected chi connectivity index (χ1v) is 3.99. The Kier molecular flexibility index (Phi) is 1.40. The molecule has 2 rings (SSSR count). The molecular formula is C7H4N2OS. The Morgan fingerprint density at radius 3 is 3.09 bits per heavy atom. The summed E-state index contributed by atoms with van der Waals surface area (Å²) in [5.74, 6) is 0. The molecule has 0 radical (unpaired) electrons. The van der Waals surface area contributed by atoms with E-state index in [2.05, 4.69) is 9.97 Å². The summed E-state index contributed by atoms with van der Waals surface area (Å²) in [4.78, 5) is 18.5. The molecule has 2 aliphatic rings. The van der Waals surface area contributed by atoms with Crippen LogP contribution in [0.25, 0.3) is 11.3 Å². The zero-order valence-electron chi connectivity index (χ0n) is 5.52. The molecule has 0 aromatic carbocycles. The van der Waals surface area contributed by atoms with Gasteiger partial charge in [0.05, 0.1) is 11.3 Å². The van der Waals surface area contributed by atoms with E-state index in [1.165, 1.54) is 17.7 Å². The molecule has 0 bridgehead atoms. The Labute approximate surface area is 66.7 Å². The summed E-state index contributed by atoms with van der Waals surface area (Å²) in [6.07, 6.45) is 1.29. The average molecular weight is 164 g/mol. The van der Waals surface area contributed by atoms with E-state index in [9.17, 15) is 4.79 Å². The second kappa shape index (κ2) is 2.39. The van der Waals surface area contributed by atoms with Crippen LogP contribution in [0.2, 0.25) is 0 Å². The van der Waals surface area contributed by atoms with Crippen molar-refractivity contribution in [3.05, 3.63) is 33.5 Å². The fraction of sp³-hybridized carbons (Fsp3) is 0. The molecule has 3 nitrogen and oxygen atoms in total. The smallest absolute Gasteiger partial charge is 0.267 e. The summed E-state index contributed by atoms with van der Waals surface area (Å²) in [6, 6.07) is 1.81. The van der Waals surface area contributed by atoms with E-state index >= 15 is 0 Å². The summed E-state index contributed by atoms with van der Waals surface area (Å²) in [5, 5.41) is 3.65. The third-order valence-electron chi connectivity index (χ3n) is 1.37. The number of hydrogen-bond acceptors (Lipinski definition) is 4. The van der Waals surface area contributed by atoms with Crippen molar-refractivity contribution >= 4 is 11.3 Å². The summed E-state index contributed by atoms with van der Waals surface area (Å²) in [6.45, 7) is 0.